The number of alkyl halides is 3. The molecule has 0 saturated heterocycles. The van der Waals surface area contributed by atoms with Gasteiger partial charge in [0.15, 0.2) is 0 Å². The molecule has 0 saturated carbocycles. The molecule has 122 valence electrons. The zero-order valence-corrected chi connectivity index (χ0v) is 12.6. The van der Waals surface area contributed by atoms with Crippen molar-refractivity contribution in [1.29, 1.82) is 0 Å². The van der Waals surface area contributed by atoms with Crippen molar-refractivity contribution in [2.24, 2.45) is 0 Å². The van der Waals surface area contributed by atoms with Crippen LogP contribution in [0.25, 0.3) is 0 Å². The quantitative estimate of drug-likeness (QED) is 0.857. The number of hydrogen-bond acceptors (Lipinski definition) is 3. The van der Waals surface area contributed by atoms with E-state index < -0.39 is 29.5 Å². The van der Waals surface area contributed by atoms with Gasteiger partial charge in [-0.2, -0.15) is 13.2 Å². The van der Waals surface area contributed by atoms with Crippen LogP contribution in [0.4, 0.5) is 18.0 Å². The number of hydrogen-bond donors (Lipinski definition) is 1. The van der Waals surface area contributed by atoms with Gasteiger partial charge in [0.25, 0.3) is 0 Å². The molecule has 1 amide bonds. The van der Waals surface area contributed by atoms with E-state index in [0.29, 0.717) is 11.1 Å². The molecule has 22 heavy (non-hydrogen) atoms. The smallest absolute Gasteiger partial charge is 0.416 e. The molecule has 1 aromatic rings. The predicted molar refractivity (Wildman–Crippen MR) is 73.2 cm³/mol. The second-order valence-electron chi connectivity index (χ2n) is 6.13. The van der Waals surface area contributed by atoms with Crippen molar-refractivity contribution in [3.05, 3.63) is 34.9 Å². The fourth-order valence-corrected chi connectivity index (χ4v) is 2.19. The first-order valence-electron chi connectivity index (χ1n) is 6.83. The van der Waals surface area contributed by atoms with E-state index in [-0.39, 0.29) is 13.2 Å². The van der Waals surface area contributed by atoms with Crippen LogP contribution in [0.5, 0.6) is 0 Å². The number of rotatable bonds is 1. The first kappa shape index (κ1) is 16.6. The Bertz CT molecular complexity index is 564. The van der Waals surface area contributed by atoms with Crippen LogP contribution in [-0.4, -0.2) is 18.3 Å². The van der Waals surface area contributed by atoms with Gasteiger partial charge < -0.3 is 14.8 Å². The lowest BCUT2D eigenvalue weighted by Gasteiger charge is -2.28. The lowest BCUT2D eigenvalue weighted by molar-refractivity contribution is -0.137. The molecule has 1 aromatic carbocycles. The largest absolute Gasteiger partial charge is 0.444 e. The molecule has 2 rings (SSSR count). The van der Waals surface area contributed by atoms with Gasteiger partial charge in [-0.25, -0.2) is 4.79 Å². The molecule has 0 unspecified atom stereocenters. The molecule has 4 nitrogen and oxygen atoms in total. The van der Waals surface area contributed by atoms with Crippen LogP contribution in [0.2, 0.25) is 0 Å². The maximum Gasteiger partial charge on any atom is 0.416 e. The van der Waals surface area contributed by atoms with Gasteiger partial charge in [0, 0.05) is 0 Å². The van der Waals surface area contributed by atoms with Crippen molar-refractivity contribution >= 4 is 6.09 Å². The van der Waals surface area contributed by atoms with Crippen LogP contribution >= 0.6 is 0 Å². The second kappa shape index (κ2) is 5.79. The zero-order chi connectivity index (χ0) is 16.5. The maximum absolute atomic E-state index is 12.7. The molecule has 1 aliphatic heterocycles. The summed E-state index contributed by atoms with van der Waals surface area (Å²) in [4.78, 5) is 11.8. The number of fused-ring (bicyclic) bond motifs is 1. The van der Waals surface area contributed by atoms with E-state index in [1.807, 2.05) is 0 Å². The van der Waals surface area contributed by atoms with Crippen molar-refractivity contribution in [3.8, 4) is 0 Å². The fraction of sp³-hybridized carbons (Fsp3) is 0.533. The lowest BCUT2D eigenvalue weighted by Crippen LogP contribution is -2.38. The van der Waals surface area contributed by atoms with Crippen molar-refractivity contribution in [2.75, 3.05) is 6.61 Å². The summed E-state index contributed by atoms with van der Waals surface area (Å²) >= 11 is 0. The Morgan fingerprint density at radius 1 is 1.32 bits per heavy atom. The van der Waals surface area contributed by atoms with Crippen molar-refractivity contribution in [3.63, 3.8) is 0 Å². The van der Waals surface area contributed by atoms with E-state index in [2.05, 4.69) is 5.32 Å². The lowest BCUT2D eigenvalue weighted by atomic mass is 9.96. The molecule has 0 fully saturated rings. The number of alkyl carbamates (subject to hydrolysis) is 1. The SMILES string of the molecule is CC(C)(C)OC(=O)N[C@H]1COCc2cc(C(F)(F)F)ccc21. The fourth-order valence-electron chi connectivity index (χ4n) is 2.19. The average molecular weight is 317 g/mol. The normalized spacial score (nSPS) is 18.5. The third kappa shape index (κ3) is 4.13. The molecule has 7 heteroatoms. The van der Waals surface area contributed by atoms with Crippen LogP contribution in [0.1, 0.15) is 43.5 Å². The Kier molecular flexibility index (Phi) is 4.37. The van der Waals surface area contributed by atoms with E-state index in [9.17, 15) is 18.0 Å². The summed E-state index contributed by atoms with van der Waals surface area (Å²) in [6.07, 6.45) is -5.03. The number of amides is 1. The topological polar surface area (TPSA) is 47.6 Å². The van der Waals surface area contributed by atoms with Crippen molar-refractivity contribution in [1.82, 2.24) is 5.32 Å². The van der Waals surface area contributed by atoms with Gasteiger partial charge in [0.05, 0.1) is 24.8 Å². The van der Waals surface area contributed by atoms with Gasteiger partial charge in [0.1, 0.15) is 5.60 Å². The van der Waals surface area contributed by atoms with Gasteiger partial charge in [-0.3, -0.25) is 0 Å². The minimum Gasteiger partial charge on any atom is -0.444 e. The first-order chi connectivity index (χ1) is 10.1. The Morgan fingerprint density at radius 3 is 2.59 bits per heavy atom. The van der Waals surface area contributed by atoms with E-state index in [4.69, 9.17) is 9.47 Å². The highest BCUT2D eigenvalue weighted by Gasteiger charge is 2.33. The predicted octanol–water partition coefficient (Wildman–Crippen LogP) is 3.80. The Hall–Kier alpha value is -1.76. The molecule has 0 bridgehead atoms. The van der Waals surface area contributed by atoms with Gasteiger partial charge in [0.2, 0.25) is 0 Å². The highest BCUT2D eigenvalue weighted by atomic mass is 19.4. The summed E-state index contributed by atoms with van der Waals surface area (Å²) in [5.41, 5.74) is -0.345. The summed E-state index contributed by atoms with van der Waals surface area (Å²) in [6, 6.07) is 2.91. The number of halogens is 3. The minimum absolute atomic E-state index is 0.0890. The zero-order valence-electron chi connectivity index (χ0n) is 12.6. The van der Waals surface area contributed by atoms with E-state index in [1.165, 1.54) is 6.07 Å². The van der Waals surface area contributed by atoms with Crippen molar-refractivity contribution < 1.29 is 27.4 Å². The Labute approximate surface area is 126 Å². The third-order valence-corrected chi connectivity index (χ3v) is 3.08. The van der Waals surface area contributed by atoms with Crippen LogP contribution < -0.4 is 5.32 Å². The number of carbonyl (C=O) groups excluding carboxylic acids is 1. The molecular formula is C15H18F3NO3. The molecule has 0 aromatic heterocycles. The average Bonchev–Trinajstić information content (AvgIpc) is 2.35. The number of ether oxygens (including phenoxy) is 2. The summed E-state index contributed by atoms with van der Waals surface area (Å²) in [5.74, 6) is 0. The Morgan fingerprint density at radius 2 is 2.00 bits per heavy atom. The first-order valence-corrected chi connectivity index (χ1v) is 6.83. The summed E-state index contributed by atoms with van der Waals surface area (Å²) in [6.45, 7) is 5.47. The molecule has 1 N–H and O–H groups in total. The number of nitrogens with one attached hydrogen (secondary N) is 1. The monoisotopic (exact) mass is 317 g/mol. The molecular weight excluding hydrogens is 299 g/mol. The third-order valence-electron chi connectivity index (χ3n) is 3.08. The van der Waals surface area contributed by atoms with Gasteiger partial charge in [-0.1, -0.05) is 6.07 Å². The van der Waals surface area contributed by atoms with Crippen molar-refractivity contribution in [2.45, 2.75) is 45.2 Å². The summed E-state index contributed by atoms with van der Waals surface area (Å²) in [5, 5.41) is 2.62. The molecule has 1 heterocycles. The molecule has 0 radical (unpaired) electrons. The summed E-state index contributed by atoms with van der Waals surface area (Å²) < 4.78 is 48.6. The molecule has 0 spiro atoms. The number of carbonyl (C=O) groups is 1. The van der Waals surface area contributed by atoms with Gasteiger partial charge >= 0.3 is 12.3 Å². The van der Waals surface area contributed by atoms with Crippen LogP contribution in [0, 0.1) is 0 Å². The molecule has 1 atom stereocenters. The molecule has 1 aliphatic rings. The van der Waals surface area contributed by atoms with E-state index >= 15 is 0 Å². The highest BCUT2D eigenvalue weighted by Crippen LogP contribution is 2.33. The van der Waals surface area contributed by atoms with Gasteiger partial charge in [-0.05, 0) is 44.0 Å². The van der Waals surface area contributed by atoms with Crippen LogP contribution in [-0.2, 0) is 22.3 Å². The Balaban J connectivity index is 2.17. The van der Waals surface area contributed by atoms with Crippen LogP contribution in [0.15, 0.2) is 18.2 Å². The highest BCUT2D eigenvalue weighted by molar-refractivity contribution is 5.68. The second-order valence-corrected chi connectivity index (χ2v) is 6.13. The molecule has 0 aliphatic carbocycles. The van der Waals surface area contributed by atoms with E-state index in [1.54, 1.807) is 20.8 Å². The standard InChI is InChI=1S/C15H18F3NO3/c1-14(2,3)22-13(20)19-12-8-21-7-9-6-10(15(16,17)18)4-5-11(9)12/h4-6,12H,7-8H2,1-3H3,(H,19,20)/t12-/m0/s1. The van der Waals surface area contributed by atoms with Crippen LogP contribution in [0.3, 0.4) is 0 Å². The van der Waals surface area contributed by atoms with E-state index in [0.717, 1.165) is 12.1 Å². The number of benzene rings is 1. The minimum atomic E-state index is -4.40. The van der Waals surface area contributed by atoms with Gasteiger partial charge in [-0.15, -0.1) is 0 Å². The maximum atomic E-state index is 12.7. The summed E-state index contributed by atoms with van der Waals surface area (Å²) in [7, 11) is 0.